The summed E-state index contributed by atoms with van der Waals surface area (Å²) in [7, 11) is 0. The van der Waals surface area contributed by atoms with Gasteiger partial charge in [0.1, 0.15) is 0 Å². The van der Waals surface area contributed by atoms with Gasteiger partial charge in [-0.05, 0) is 23.6 Å². The first-order valence-electron chi connectivity index (χ1n) is 9.69. The minimum absolute atomic E-state index is 0.197. The van der Waals surface area contributed by atoms with Gasteiger partial charge in [0.2, 0.25) is 5.91 Å². The van der Waals surface area contributed by atoms with E-state index in [0.29, 0.717) is 6.54 Å². The summed E-state index contributed by atoms with van der Waals surface area (Å²) in [5.74, 6) is 0.197. The highest BCUT2D eigenvalue weighted by molar-refractivity contribution is 5.78. The molecule has 4 nitrogen and oxygen atoms in total. The topological polar surface area (TPSA) is 35.6 Å². The van der Waals surface area contributed by atoms with Crippen LogP contribution >= 0.6 is 0 Å². The zero-order valence-electron chi connectivity index (χ0n) is 16.1. The molecule has 2 aromatic carbocycles. The van der Waals surface area contributed by atoms with Gasteiger partial charge in [-0.1, -0.05) is 66.7 Å². The van der Waals surface area contributed by atoms with E-state index in [1.807, 2.05) is 23.1 Å². The van der Waals surface area contributed by atoms with Crippen molar-refractivity contribution in [1.29, 1.82) is 0 Å². The number of nitrogens with zero attached hydrogens (tertiary/aromatic N) is 2. The molecule has 142 valence electrons. The highest BCUT2D eigenvalue weighted by Gasteiger charge is 2.19. The van der Waals surface area contributed by atoms with Crippen molar-refractivity contribution in [3.05, 3.63) is 77.4 Å². The quantitative estimate of drug-likeness (QED) is 0.822. The van der Waals surface area contributed by atoms with Crippen LogP contribution in [0.1, 0.15) is 16.7 Å². The van der Waals surface area contributed by atoms with E-state index in [4.69, 9.17) is 0 Å². The average Bonchev–Trinajstić information content (AvgIpc) is 2.71. The number of rotatable bonds is 7. The zero-order chi connectivity index (χ0) is 18.9. The van der Waals surface area contributed by atoms with Gasteiger partial charge in [0.05, 0.1) is 6.54 Å². The number of benzene rings is 2. The van der Waals surface area contributed by atoms with E-state index in [9.17, 15) is 4.79 Å². The van der Waals surface area contributed by atoms with E-state index in [-0.39, 0.29) is 5.91 Å². The summed E-state index contributed by atoms with van der Waals surface area (Å²) in [6.07, 6.45) is 4.36. The Hall–Kier alpha value is -2.43. The van der Waals surface area contributed by atoms with Gasteiger partial charge in [0, 0.05) is 39.3 Å². The summed E-state index contributed by atoms with van der Waals surface area (Å²) < 4.78 is 0. The van der Waals surface area contributed by atoms with Gasteiger partial charge in [0.25, 0.3) is 0 Å². The van der Waals surface area contributed by atoms with Crippen molar-refractivity contribution in [2.45, 2.75) is 13.5 Å². The Morgan fingerprint density at radius 3 is 2.44 bits per heavy atom. The molecule has 0 aromatic heterocycles. The lowest BCUT2D eigenvalue weighted by Crippen LogP contribution is -2.50. The van der Waals surface area contributed by atoms with Crippen LogP contribution in [0.4, 0.5) is 0 Å². The Kier molecular flexibility index (Phi) is 7.19. The van der Waals surface area contributed by atoms with E-state index in [1.54, 1.807) is 0 Å². The van der Waals surface area contributed by atoms with Crippen molar-refractivity contribution in [2.75, 3.05) is 39.3 Å². The maximum absolute atomic E-state index is 12.4. The number of amides is 1. The summed E-state index contributed by atoms with van der Waals surface area (Å²) in [5.41, 5.74) is 3.74. The van der Waals surface area contributed by atoms with Crippen molar-refractivity contribution in [1.82, 2.24) is 15.1 Å². The number of carbonyl (C=O) groups excluding carboxylic acids is 1. The number of carbonyl (C=O) groups is 1. The maximum Gasteiger partial charge on any atom is 0.236 e. The summed E-state index contributed by atoms with van der Waals surface area (Å²) in [4.78, 5) is 16.8. The van der Waals surface area contributed by atoms with Gasteiger partial charge in [-0.3, -0.25) is 9.69 Å². The largest absolute Gasteiger partial charge is 0.339 e. The molecule has 1 aliphatic rings. The summed E-state index contributed by atoms with van der Waals surface area (Å²) in [6, 6.07) is 18.6. The number of nitrogens with one attached hydrogen (secondary N) is 1. The minimum atomic E-state index is 0.197. The molecule has 1 heterocycles. The van der Waals surface area contributed by atoms with Gasteiger partial charge in [0.15, 0.2) is 0 Å². The monoisotopic (exact) mass is 363 g/mol. The molecule has 2 aromatic rings. The molecular formula is C23H29N3O. The third-order valence-electron chi connectivity index (χ3n) is 5.05. The molecule has 3 rings (SSSR count). The smallest absolute Gasteiger partial charge is 0.236 e. The third kappa shape index (κ3) is 6.05. The second-order valence-corrected chi connectivity index (χ2v) is 7.02. The molecule has 0 aliphatic carbocycles. The first kappa shape index (κ1) is 19.3. The van der Waals surface area contributed by atoms with Crippen LogP contribution in [0.5, 0.6) is 0 Å². The van der Waals surface area contributed by atoms with Crippen molar-refractivity contribution >= 4 is 12.0 Å². The van der Waals surface area contributed by atoms with E-state index in [1.165, 1.54) is 16.7 Å². The Labute approximate surface area is 162 Å². The van der Waals surface area contributed by atoms with E-state index in [2.05, 4.69) is 65.7 Å². The van der Waals surface area contributed by atoms with Gasteiger partial charge in [-0.25, -0.2) is 0 Å². The van der Waals surface area contributed by atoms with Crippen LogP contribution in [0.3, 0.4) is 0 Å². The Morgan fingerprint density at radius 2 is 1.70 bits per heavy atom. The average molecular weight is 364 g/mol. The predicted molar refractivity (Wildman–Crippen MR) is 111 cm³/mol. The molecule has 27 heavy (non-hydrogen) atoms. The lowest BCUT2D eigenvalue weighted by Gasteiger charge is -2.34. The van der Waals surface area contributed by atoms with Gasteiger partial charge < -0.3 is 10.2 Å². The predicted octanol–water partition coefficient (Wildman–Crippen LogP) is 2.94. The molecule has 1 saturated heterocycles. The first-order valence-corrected chi connectivity index (χ1v) is 9.69. The normalized spacial score (nSPS) is 15.4. The zero-order valence-corrected chi connectivity index (χ0v) is 16.1. The standard InChI is InChI=1S/C23H29N3O/c1-20-8-5-6-12-22(20)18-24-19-23(27)26-16-14-25(15-17-26)13-7-11-21-9-3-2-4-10-21/h2-12,24H,13-19H2,1H3/b11-7+. The van der Waals surface area contributed by atoms with Crippen LogP contribution in [0.25, 0.3) is 6.08 Å². The molecule has 0 spiro atoms. The molecule has 1 N–H and O–H groups in total. The SMILES string of the molecule is Cc1ccccc1CNCC(=O)N1CCN(C/C=C/c2ccccc2)CC1. The van der Waals surface area contributed by atoms with Gasteiger partial charge in [-0.2, -0.15) is 0 Å². The van der Waals surface area contributed by atoms with Crippen molar-refractivity contribution in [2.24, 2.45) is 0 Å². The molecule has 4 heteroatoms. The summed E-state index contributed by atoms with van der Waals surface area (Å²) in [6.45, 7) is 7.66. The molecule has 1 aliphatic heterocycles. The molecule has 0 unspecified atom stereocenters. The fourth-order valence-corrected chi connectivity index (χ4v) is 3.31. The van der Waals surface area contributed by atoms with E-state index < -0.39 is 0 Å². The Balaban J connectivity index is 1.35. The molecule has 0 radical (unpaired) electrons. The van der Waals surface area contributed by atoms with Gasteiger partial charge >= 0.3 is 0 Å². The fraction of sp³-hybridized carbons (Fsp3) is 0.348. The van der Waals surface area contributed by atoms with Crippen LogP contribution in [0.2, 0.25) is 0 Å². The molecule has 0 bridgehead atoms. The van der Waals surface area contributed by atoms with Crippen LogP contribution in [0.15, 0.2) is 60.7 Å². The van der Waals surface area contributed by atoms with Crippen LogP contribution in [0, 0.1) is 6.92 Å². The van der Waals surface area contributed by atoms with Crippen LogP contribution < -0.4 is 5.32 Å². The molecular weight excluding hydrogens is 334 g/mol. The fourth-order valence-electron chi connectivity index (χ4n) is 3.31. The summed E-state index contributed by atoms with van der Waals surface area (Å²) in [5, 5.41) is 3.29. The van der Waals surface area contributed by atoms with E-state index >= 15 is 0 Å². The number of aryl methyl sites for hydroxylation is 1. The molecule has 1 amide bonds. The Bertz CT molecular complexity index is 749. The molecule has 1 fully saturated rings. The molecule has 0 saturated carbocycles. The van der Waals surface area contributed by atoms with Crippen molar-refractivity contribution in [3.8, 4) is 0 Å². The maximum atomic E-state index is 12.4. The Morgan fingerprint density at radius 1 is 1.00 bits per heavy atom. The molecule has 0 atom stereocenters. The van der Waals surface area contributed by atoms with Crippen molar-refractivity contribution < 1.29 is 4.79 Å². The van der Waals surface area contributed by atoms with Crippen molar-refractivity contribution in [3.63, 3.8) is 0 Å². The minimum Gasteiger partial charge on any atom is -0.339 e. The second kappa shape index (κ2) is 10.0. The highest BCUT2D eigenvalue weighted by Crippen LogP contribution is 2.07. The first-order chi connectivity index (χ1) is 13.2. The summed E-state index contributed by atoms with van der Waals surface area (Å²) >= 11 is 0. The number of hydrogen-bond acceptors (Lipinski definition) is 3. The number of hydrogen-bond donors (Lipinski definition) is 1. The van der Waals surface area contributed by atoms with Gasteiger partial charge in [-0.15, -0.1) is 0 Å². The third-order valence-corrected chi connectivity index (χ3v) is 5.05. The van der Waals surface area contributed by atoms with Crippen LogP contribution in [-0.4, -0.2) is 55.0 Å². The highest BCUT2D eigenvalue weighted by atomic mass is 16.2. The lowest BCUT2D eigenvalue weighted by atomic mass is 10.1. The van der Waals surface area contributed by atoms with E-state index in [0.717, 1.165) is 39.3 Å². The second-order valence-electron chi connectivity index (χ2n) is 7.02. The number of piperazine rings is 1. The lowest BCUT2D eigenvalue weighted by molar-refractivity contribution is -0.131. The van der Waals surface area contributed by atoms with Crippen LogP contribution in [-0.2, 0) is 11.3 Å².